The Balaban J connectivity index is 2.70. The van der Waals surface area contributed by atoms with E-state index in [2.05, 4.69) is 5.32 Å². The van der Waals surface area contributed by atoms with Crippen LogP contribution in [0.3, 0.4) is 0 Å². The molecule has 0 saturated heterocycles. The van der Waals surface area contributed by atoms with Gasteiger partial charge in [-0.3, -0.25) is 0 Å². The maximum atomic E-state index is 9.08. The van der Waals surface area contributed by atoms with Gasteiger partial charge in [-0.05, 0) is 31.5 Å². The summed E-state index contributed by atoms with van der Waals surface area (Å²) in [4.78, 5) is 0. The van der Waals surface area contributed by atoms with Gasteiger partial charge < -0.3 is 10.4 Å². The Labute approximate surface area is 83.5 Å². The fourth-order valence-electron chi connectivity index (χ4n) is 1.04. The minimum atomic E-state index is -0.349. The topological polar surface area (TPSA) is 32.3 Å². The van der Waals surface area contributed by atoms with Crippen LogP contribution in [0.15, 0.2) is 18.2 Å². The van der Waals surface area contributed by atoms with Crippen molar-refractivity contribution in [2.45, 2.75) is 20.0 Å². The van der Waals surface area contributed by atoms with Crippen molar-refractivity contribution in [3.05, 3.63) is 28.8 Å². The SMILES string of the molecule is Cc1ccc(Cl)cc1NCC(C)O. The Kier molecular flexibility index (Phi) is 3.58. The van der Waals surface area contributed by atoms with Crippen molar-refractivity contribution in [1.82, 2.24) is 0 Å². The maximum Gasteiger partial charge on any atom is 0.0684 e. The van der Waals surface area contributed by atoms with E-state index in [1.54, 1.807) is 6.92 Å². The Bertz CT molecular complexity index is 286. The first-order valence-corrected chi connectivity index (χ1v) is 4.65. The molecule has 0 radical (unpaired) electrons. The molecule has 13 heavy (non-hydrogen) atoms. The van der Waals surface area contributed by atoms with E-state index in [0.29, 0.717) is 11.6 Å². The Morgan fingerprint density at radius 3 is 2.85 bits per heavy atom. The Morgan fingerprint density at radius 2 is 2.23 bits per heavy atom. The lowest BCUT2D eigenvalue weighted by Crippen LogP contribution is -2.15. The van der Waals surface area contributed by atoms with Gasteiger partial charge in [0.15, 0.2) is 0 Å². The summed E-state index contributed by atoms with van der Waals surface area (Å²) in [6, 6.07) is 5.66. The summed E-state index contributed by atoms with van der Waals surface area (Å²) >= 11 is 5.83. The number of anilines is 1. The zero-order chi connectivity index (χ0) is 9.84. The van der Waals surface area contributed by atoms with Crippen molar-refractivity contribution in [1.29, 1.82) is 0 Å². The van der Waals surface area contributed by atoms with Crippen molar-refractivity contribution in [3.8, 4) is 0 Å². The normalized spacial score (nSPS) is 12.6. The fraction of sp³-hybridized carbons (Fsp3) is 0.400. The average Bonchev–Trinajstić information content (AvgIpc) is 2.06. The van der Waals surface area contributed by atoms with Gasteiger partial charge in [0.1, 0.15) is 0 Å². The van der Waals surface area contributed by atoms with Gasteiger partial charge in [0.05, 0.1) is 6.10 Å². The Hall–Kier alpha value is -0.730. The molecule has 1 aromatic rings. The van der Waals surface area contributed by atoms with Crippen LogP contribution in [-0.4, -0.2) is 17.8 Å². The highest BCUT2D eigenvalue weighted by molar-refractivity contribution is 6.30. The number of hydrogen-bond acceptors (Lipinski definition) is 2. The monoisotopic (exact) mass is 199 g/mol. The van der Waals surface area contributed by atoms with Crippen LogP contribution >= 0.6 is 11.6 Å². The second-order valence-electron chi connectivity index (χ2n) is 3.19. The van der Waals surface area contributed by atoms with Crippen molar-refractivity contribution in [2.24, 2.45) is 0 Å². The number of aliphatic hydroxyl groups is 1. The van der Waals surface area contributed by atoms with E-state index >= 15 is 0 Å². The molecule has 0 fully saturated rings. The fourth-order valence-corrected chi connectivity index (χ4v) is 1.21. The molecule has 1 rings (SSSR count). The summed E-state index contributed by atoms with van der Waals surface area (Å²) in [5.41, 5.74) is 2.11. The molecule has 72 valence electrons. The molecule has 2 N–H and O–H groups in total. The third kappa shape index (κ3) is 3.25. The zero-order valence-electron chi connectivity index (χ0n) is 7.84. The molecule has 1 aromatic carbocycles. The second-order valence-corrected chi connectivity index (χ2v) is 3.63. The van der Waals surface area contributed by atoms with E-state index in [4.69, 9.17) is 16.7 Å². The molecule has 3 heteroatoms. The van der Waals surface area contributed by atoms with Gasteiger partial charge in [-0.25, -0.2) is 0 Å². The quantitative estimate of drug-likeness (QED) is 0.784. The second kappa shape index (κ2) is 4.49. The zero-order valence-corrected chi connectivity index (χ0v) is 8.60. The summed E-state index contributed by atoms with van der Waals surface area (Å²) in [6.07, 6.45) is -0.349. The molecule has 0 spiro atoms. The third-order valence-electron chi connectivity index (χ3n) is 1.79. The van der Waals surface area contributed by atoms with Gasteiger partial charge in [-0.2, -0.15) is 0 Å². The largest absolute Gasteiger partial charge is 0.392 e. The summed E-state index contributed by atoms with van der Waals surface area (Å²) in [5, 5.41) is 12.9. The maximum absolute atomic E-state index is 9.08. The van der Waals surface area contributed by atoms with Gasteiger partial charge >= 0.3 is 0 Å². The number of hydrogen-bond donors (Lipinski definition) is 2. The first kappa shape index (κ1) is 10.4. The van der Waals surface area contributed by atoms with Crippen molar-refractivity contribution in [2.75, 3.05) is 11.9 Å². The van der Waals surface area contributed by atoms with Crippen LogP contribution in [-0.2, 0) is 0 Å². The van der Waals surface area contributed by atoms with E-state index in [-0.39, 0.29) is 6.10 Å². The van der Waals surface area contributed by atoms with Crippen molar-refractivity contribution in [3.63, 3.8) is 0 Å². The lowest BCUT2D eigenvalue weighted by molar-refractivity contribution is 0.208. The predicted octanol–water partition coefficient (Wildman–Crippen LogP) is 2.44. The van der Waals surface area contributed by atoms with Crippen LogP contribution in [0, 0.1) is 6.92 Å². The van der Waals surface area contributed by atoms with E-state index in [1.165, 1.54) is 0 Å². The van der Waals surface area contributed by atoms with Crippen LogP contribution < -0.4 is 5.32 Å². The van der Waals surface area contributed by atoms with E-state index < -0.39 is 0 Å². The molecule has 1 unspecified atom stereocenters. The molecule has 0 aliphatic rings. The van der Waals surface area contributed by atoms with Gasteiger partial charge in [0, 0.05) is 17.3 Å². The molecule has 0 aliphatic carbocycles. The molecule has 0 aromatic heterocycles. The average molecular weight is 200 g/mol. The smallest absolute Gasteiger partial charge is 0.0684 e. The molecule has 2 nitrogen and oxygen atoms in total. The molecular formula is C10H14ClNO. The number of halogens is 1. The van der Waals surface area contributed by atoms with Gasteiger partial charge in [0.2, 0.25) is 0 Å². The standard InChI is InChI=1S/C10H14ClNO/c1-7-3-4-9(11)5-10(7)12-6-8(2)13/h3-5,8,12-13H,6H2,1-2H3. The molecule has 1 atom stereocenters. The highest BCUT2D eigenvalue weighted by Gasteiger charge is 2.00. The lowest BCUT2D eigenvalue weighted by Gasteiger charge is -2.11. The molecule has 0 heterocycles. The van der Waals surface area contributed by atoms with E-state index in [1.807, 2.05) is 25.1 Å². The summed E-state index contributed by atoms with van der Waals surface area (Å²) < 4.78 is 0. The molecule has 0 amide bonds. The molecular weight excluding hydrogens is 186 g/mol. The van der Waals surface area contributed by atoms with Crippen LogP contribution in [0.4, 0.5) is 5.69 Å². The Morgan fingerprint density at radius 1 is 1.54 bits per heavy atom. The highest BCUT2D eigenvalue weighted by atomic mass is 35.5. The minimum absolute atomic E-state index is 0.349. The summed E-state index contributed by atoms with van der Waals surface area (Å²) in [5.74, 6) is 0. The van der Waals surface area contributed by atoms with Crippen molar-refractivity contribution < 1.29 is 5.11 Å². The van der Waals surface area contributed by atoms with E-state index in [9.17, 15) is 0 Å². The molecule has 0 saturated carbocycles. The van der Waals surface area contributed by atoms with Crippen LogP contribution in [0.25, 0.3) is 0 Å². The van der Waals surface area contributed by atoms with Gasteiger partial charge in [-0.1, -0.05) is 17.7 Å². The number of rotatable bonds is 3. The van der Waals surface area contributed by atoms with Crippen LogP contribution in [0.2, 0.25) is 5.02 Å². The number of nitrogens with one attached hydrogen (secondary N) is 1. The van der Waals surface area contributed by atoms with Crippen LogP contribution in [0.5, 0.6) is 0 Å². The predicted molar refractivity (Wildman–Crippen MR) is 56.4 cm³/mol. The molecule has 0 aliphatic heterocycles. The number of aryl methyl sites for hydroxylation is 1. The highest BCUT2D eigenvalue weighted by Crippen LogP contribution is 2.19. The molecule has 0 bridgehead atoms. The van der Waals surface area contributed by atoms with Crippen LogP contribution in [0.1, 0.15) is 12.5 Å². The van der Waals surface area contributed by atoms with E-state index in [0.717, 1.165) is 11.3 Å². The first-order chi connectivity index (χ1) is 6.09. The number of benzene rings is 1. The third-order valence-corrected chi connectivity index (χ3v) is 2.02. The first-order valence-electron chi connectivity index (χ1n) is 4.27. The van der Waals surface area contributed by atoms with Gasteiger partial charge in [-0.15, -0.1) is 0 Å². The lowest BCUT2D eigenvalue weighted by atomic mass is 10.2. The number of aliphatic hydroxyl groups excluding tert-OH is 1. The summed E-state index contributed by atoms with van der Waals surface area (Å²) in [7, 11) is 0. The minimum Gasteiger partial charge on any atom is -0.392 e. The van der Waals surface area contributed by atoms with Crippen molar-refractivity contribution >= 4 is 17.3 Å². The van der Waals surface area contributed by atoms with Gasteiger partial charge in [0.25, 0.3) is 0 Å². The summed E-state index contributed by atoms with van der Waals surface area (Å²) in [6.45, 7) is 4.29.